The lowest BCUT2D eigenvalue weighted by molar-refractivity contribution is 0.222. The Kier molecular flexibility index (Phi) is 3.74. The molecule has 1 fully saturated rings. The van der Waals surface area contributed by atoms with Gasteiger partial charge in [-0.1, -0.05) is 17.7 Å². The minimum Gasteiger partial charge on any atom is -0.493 e. The summed E-state index contributed by atoms with van der Waals surface area (Å²) in [6.45, 7) is 1.63. The summed E-state index contributed by atoms with van der Waals surface area (Å²) in [5.41, 5.74) is 0.608. The van der Waals surface area contributed by atoms with Gasteiger partial charge < -0.3 is 15.0 Å². The third-order valence-electron chi connectivity index (χ3n) is 2.81. The Hall–Kier alpha value is -1.42. The van der Waals surface area contributed by atoms with E-state index in [0.717, 1.165) is 25.9 Å². The number of hydrogen-bond acceptors (Lipinski definition) is 2. The van der Waals surface area contributed by atoms with Crippen molar-refractivity contribution in [1.29, 1.82) is 0 Å². The van der Waals surface area contributed by atoms with E-state index in [4.69, 9.17) is 16.3 Å². The van der Waals surface area contributed by atoms with Crippen LogP contribution in [-0.4, -0.2) is 31.1 Å². The van der Waals surface area contributed by atoms with Gasteiger partial charge >= 0.3 is 6.03 Å². The van der Waals surface area contributed by atoms with E-state index < -0.39 is 0 Å². The molecule has 17 heavy (non-hydrogen) atoms. The number of carbonyl (C=O) groups excluding carboxylic acids is 1. The largest absolute Gasteiger partial charge is 0.493 e. The molecular weight excluding hydrogens is 240 g/mol. The van der Waals surface area contributed by atoms with Gasteiger partial charge in [-0.3, -0.25) is 0 Å². The van der Waals surface area contributed by atoms with Crippen LogP contribution >= 0.6 is 11.6 Å². The highest BCUT2D eigenvalue weighted by Crippen LogP contribution is 2.32. The van der Waals surface area contributed by atoms with Crippen molar-refractivity contribution in [2.24, 2.45) is 0 Å². The fourth-order valence-corrected chi connectivity index (χ4v) is 2.18. The molecule has 1 aromatic carbocycles. The number of halogens is 1. The number of rotatable bonds is 2. The summed E-state index contributed by atoms with van der Waals surface area (Å²) in [7, 11) is 1.53. The van der Waals surface area contributed by atoms with E-state index >= 15 is 0 Å². The maximum atomic E-state index is 11.9. The standard InChI is InChI=1S/C12H15ClN2O2/c1-17-11-9(13)5-4-6-10(11)14-12(16)15-7-2-3-8-15/h4-6H,2-3,7-8H2,1H3,(H,14,16). The smallest absolute Gasteiger partial charge is 0.321 e. The van der Waals surface area contributed by atoms with Crippen molar-refractivity contribution in [2.75, 3.05) is 25.5 Å². The summed E-state index contributed by atoms with van der Waals surface area (Å²) in [4.78, 5) is 13.7. The molecule has 0 spiro atoms. The lowest BCUT2D eigenvalue weighted by Gasteiger charge is -2.17. The molecule has 0 radical (unpaired) electrons. The second-order valence-electron chi connectivity index (χ2n) is 3.94. The minimum absolute atomic E-state index is 0.0944. The van der Waals surface area contributed by atoms with E-state index in [9.17, 15) is 4.79 Å². The summed E-state index contributed by atoms with van der Waals surface area (Å²) in [5.74, 6) is 0.502. The van der Waals surface area contributed by atoms with Gasteiger partial charge in [0.1, 0.15) is 0 Å². The summed E-state index contributed by atoms with van der Waals surface area (Å²) >= 11 is 5.98. The Morgan fingerprint density at radius 3 is 2.76 bits per heavy atom. The number of methoxy groups -OCH3 is 1. The van der Waals surface area contributed by atoms with Gasteiger partial charge in [0, 0.05) is 13.1 Å². The van der Waals surface area contributed by atoms with E-state index in [1.165, 1.54) is 7.11 Å². The van der Waals surface area contributed by atoms with Crippen molar-refractivity contribution in [1.82, 2.24) is 4.90 Å². The highest BCUT2D eigenvalue weighted by Gasteiger charge is 2.19. The normalized spacial score (nSPS) is 14.8. The lowest BCUT2D eigenvalue weighted by atomic mass is 10.3. The summed E-state index contributed by atoms with van der Waals surface area (Å²) < 4.78 is 5.17. The zero-order chi connectivity index (χ0) is 12.3. The number of nitrogens with one attached hydrogen (secondary N) is 1. The first-order valence-corrected chi connectivity index (χ1v) is 5.98. The number of urea groups is 1. The van der Waals surface area contributed by atoms with E-state index in [1.807, 2.05) is 0 Å². The monoisotopic (exact) mass is 254 g/mol. The van der Waals surface area contributed by atoms with Gasteiger partial charge in [0.2, 0.25) is 0 Å². The zero-order valence-corrected chi connectivity index (χ0v) is 10.5. The molecule has 1 aliphatic rings. The molecule has 0 unspecified atom stereocenters. The van der Waals surface area contributed by atoms with Crippen LogP contribution in [0, 0.1) is 0 Å². The maximum Gasteiger partial charge on any atom is 0.321 e. The number of carbonyl (C=O) groups is 1. The van der Waals surface area contributed by atoms with Gasteiger partial charge in [0.05, 0.1) is 17.8 Å². The molecule has 1 N–H and O–H groups in total. The minimum atomic E-state index is -0.0944. The molecule has 1 heterocycles. The van der Waals surface area contributed by atoms with Gasteiger partial charge in [0.15, 0.2) is 5.75 Å². The van der Waals surface area contributed by atoms with E-state index in [0.29, 0.717) is 16.5 Å². The van der Waals surface area contributed by atoms with Crippen LogP contribution in [0.1, 0.15) is 12.8 Å². The number of amides is 2. The molecule has 0 aliphatic carbocycles. The predicted octanol–water partition coefficient (Wildman–Crippen LogP) is 2.98. The molecule has 4 nitrogen and oxygen atoms in total. The summed E-state index contributed by atoms with van der Waals surface area (Å²) in [6, 6.07) is 5.19. The Bertz CT molecular complexity index is 417. The van der Waals surface area contributed by atoms with Crippen LogP contribution < -0.4 is 10.1 Å². The van der Waals surface area contributed by atoms with Gasteiger partial charge in [-0.05, 0) is 25.0 Å². The van der Waals surface area contributed by atoms with E-state index in [-0.39, 0.29) is 6.03 Å². The molecule has 92 valence electrons. The second-order valence-corrected chi connectivity index (χ2v) is 4.35. The van der Waals surface area contributed by atoms with Crippen LogP contribution in [0.4, 0.5) is 10.5 Å². The van der Waals surface area contributed by atoms with Crippen molar-refractivity contribution in [3.8, 4) is 5.75 Å². The van der Waals surface area contributed by atoms with Crippen molar-refractivity contribution < 1.29 is 9.53 Å². The second kappa shape index (κ2) is 5.27. The number of para-hydroxylation sites is 1. The molecule has 1 aliphatic heterocycles. The van der Waals surface area contributed by atoms with Gasteiger partial charge in [-0.2, -0.15) is 0 Å². The van der Waals surface area contributed by atoms with E-state index in [1.54, 1.807) is 23.1 Å². The Morgan fingerprint density at radius 1 is 1.41 bits per heavy atom. The molecule has 1 saturated heterocycles. The number of ether oxygens (including phenoxy) is 1. The number of hydrogen-bond donors (Lipinski definition) is 1. The zero-order valence-electron chi connectivity index (χ0n) is 9.70. The van der Waals surface area contributed by atoms with E-state index in [2.05, 4.69) is 5.32 Å². The quantitative estimate of drug-likeness (QED) is 0.882. The van der Waals surface area contributed by atoms with Gasteiger partial charge in [0.25, 0.3) is 0 Å². The average Bonchev–Trinajstić information content (AvgIpc) is 2.82. The first-order valence-electron chi connectivity index (χ1n) is 5.61. The Labute approximate surface area is 106 Å². The summed E-state index contributed by atoms with van der Waals surface area (Å²) in [6.07, 6.45) is 2.14. The summed E-state index contributed by atoms with van der Waals surface area (Å²) in [5, 5.41) is 3.31. The van der Waals surface area contributed by atoms with Crippen LogP contribution in [0.3, 0.4) is 0 Å². The van der Waals surface area contributed by atoms with Crippen LogP contribution in [0.15, 0.2) is 18.2 Å². The highest BCUT2D eigenvalue weighted by atomic mass is 35.5. The van der Waals surface area contributed by atoms with Crippen molar-refractivity contribution in [2.45, 2.75) is 12.8 Å². The van der Waals surface area contributed by atoms with Crippen LogP contribution in [0.5, 0.6) is 5.75 Å². The maximum absolute atomic E-state index is 11.9. The van der Waals surface area contributed by atoms with Crippen molar-refractivity contribution in [3.63, 3.8) is 0 Å². The third kappa shape index (κ3) is 2.64. The van der Waals surface area contributed by atoms with Crippen LogP contribution in [0.25, 0.3) is 0 Å². The molecule has 5 heteroatoms. The topological polar surface area (TPSA) is 41.6 Å². The number of likely N-dealkylation sites (tertiary alicyclic amines) is 1. The third-order valence-corrected chi connectivity index (χ3v) is 3.10. The fraction of sp³-hybridized carbons (Fsp3) is 0.417. The Balaban J connectivity index is 2.12. The van der Waals surface area contributed by atoms with Crippen molar-refractivity contribution in [3.05, 3.63) is 23.2 Å². The molecule has 2 amide bonds. The molecule has 0 aromatic heterocycles. The first kappa shape index (κ1) is 12.0. The first-order chi connectivity index (χ1) is 8.22. The van der Waals surface area contributed by atoms with Gasteiger partial charge in [-0.25, -0.2) is 4.79 Å². The molecule has 0 bridgehead atoms. The highest BCUT2D eigenvalue weighted by molar-refractivity contribution is 6.32. The SMILES string of the molecule is COc1c(Cl)cccc1NC(=O)N1CCCC1. The predicted molar refractivity (Wildman–Crippen MR) is 67.8 cm³/mol. The van der Waals surface area contributed by atoms with Crippen LogP contribution in [-0.2, 0) is 0 Å². The number of benzene rings is 1. The average molecular weight is 255 g/mol. The molecular formula is C12H15ClN2O2. The fourth-order valence-electron chi connectivity index (χ4n) is 1.93. The lowest BCUT2D eigenvalue weighted by Crippen LogP contribution is -2.32. The van der Waals surface area contributed by atoms with Gasteiger partial charge in [-0.15, -0.1) is 0 Å². The molecule has 2 rings (SSSR count). The molecule has 0 saturated carbocycles. The van der Waals surface area contributed by atoms with Crippen molar-refractivity contribution >= 4 is 23.3 Å². The Morgan fingerprint density at radius 2 is 2.12 bits per heavy atom. The van der Waals surface area contributed by atoms with Crippen LogP contribution in [0.2, 0.25) is 5.02 Å². The molecule has 0 atom stereocenters. The number of anilines is 1. The number of nitrogens with zero attached hydrogens (tertiary/aromatic N) is 1. The molecule has 1 aromatic rings.